The van der Waals surface area contributed by atoms with Crippen molar-refractivity contribution in [2.45, 2.75) is 39.3 Å². The summed E-state index contributed by atoms with van der Waals surface area (Å²) in [4.78, 5) is 7.17. The lowest BCUT2D eigenvalue weighted by atomic mass is 10.1. The molecule has 0 spiro atoms. The van der Waals surface area contributed by atoms with Crippen molar-refractivity contribution in [1.29, 1.82) is 0 Å². The lowest BCUT2D eigenvalue weighted by Gasteiger charge is -2.35. The predicted molar refractivity (Wildman–Crippen MR) is 119 cm³/mol. The molecule has 3 N–H and O–H groups in total. The smallest absolute Gasteiger partial charge is 0.191 e. The van der Waals surface area contributed by atoms with E-state index in [0.717, 1.165) is 44.0 Å². The second kappa shape index (κ2) is 10.6. The number of piperidine rings is 1. The minimum Gasteiger partial charge on any atom is -0.504 e. The number of aromatic hydroxyl groups is 1. The Morgan fingerprint density at radius 1 is 1.21 bits per heavy atom. The normalized spacial score (nSPS) is 17.1. The SMILES string of the molecule is CCNC(=NCc1ccc(O)c(OCC)c1)NC1CCCN(c2ccccc2)C1. The molecule has 2 aromatic carbocycles. The molecule has 1 aliphatic rings. The minimum absolute atomic E-state index is 0.160. The first kappa shape index (κ1) is 20.8. The molecule has 0 aliphatic carbocycles. The zero-order valence-corrected chi connectivity index (χ0v) is 17.4. The van der Waals surface area contributed by atoms with Crippen LogP contribution in [0.5, 0.6) is 11.5 Å². The number of phenols is 1. The molecule has 0 bridgehead atoms. The minimum atomic E-state index is 0.160. The zero-order chi connectivity index (χ0) is 20.5. The lowest BCUT2D eigenvalue weighted by molar-refractivity contribution is 0.318. The highest BCUT2D eigenvalue weighted by Gasteiger charge is 2.20. The topological polar surface area (TPSA) is 69.1 Å². The Morgan fingerprint density at radius 3 is 2.79 bits per heavy atom. The molecule has 1 unspecified atom stereocenters. The summed E-state index contributed by atoms with van der Waals surface area (Å²) >= 11 is 0. The summed E-state index contributed by atoms with van der Waals surface area (Å²) in [6.07, 6.45) is 2.28. The number of nitrogens with zero attached hydrogens (tertiary/aromatic N) is 2. The van der Waals surface area contributed by atoms with Gasteiger partial charge in [-0.05, 0) is 56.5 Å². The maximum Gasteiger partial charge on any atom is 0.191 e. The number of nitrogens with one attached hydrogen (secondary N) is 2. The highest BCUT2D eigenvalue weighted by atomic mass is 16.5. The molecular formula is C23H32N4O2. The molecule has 1 fully saturated rings. The maximum atomic E-state index is 9.87. The van der Waals surface area contributed by atoms with Crippen LogP contribution < -0.4 is 20.3 Å². The van der Waals surface area contributed by atoms with Crippen molar-refractivity contribution in [3.8, 4) is 11.5 Å². The van der Waals surface area contributed by atoms with Gasteiger partial charge in [-0.1, -0.05) is 24.3 Å². The number of hydrogen-bond acceptors (Lipinski definition) is 4. The van der Waals surface area contributed by atoms with Crippen molar-refractivity contribution in [2.75, 3.05) is 31.1 Å². The lowest BCUT2D eigenvalue weighted by Crippen LogP contribution is -2.51. The van der Waals surface area contributed by atoms with Gasteiger partial charge in [-0.3, -0.25) is 0 Å². The van der Waals surface area contributed by atoms with Gasteiger partial charge in [0.15, 0.2) is 17.5 Å². The number of guanidine groups is 1. The van der Waals surface area contributed by atoms with E-state index >= 15 is 0 Å². The number of para-hydroxylation sites is 1. The van der Waals surface area contributed by atoms with E-state index in [2.05, 4.69) is 52.8 Å². The standard InChI is InChI=1S/C23H32N4O2/c1-3-24-23(25-16-18-12-13-21(28)22(15-18)29-4-2)26-19-9-8-14-27(17-19)20-10-6-5-7-11-20/h5-7,10-13,15,19,28H,3-4,8-9,14,16-17H2,1-2H3,(H2,24,25,26). The third kappa shape index (κ3) is 6.04. The maximum absolute atomic E-state index is 9.87. The van der Waals surface area contributed by atoms with E-state index < -0.39 is 0 Å². The molecular weight excluding hydrogens is 364 g/mol. The van der Waals surface area contributed by atoms with Gasteiger partial charge in [-0.2, -0.15) is 0 Å². The van der Waals surface area contributed by atoms with Crippen LogP contribution in [-0.4, -0.2) is 43.3 Å². The fourth-order valence-electron chi connectivity index (χ4n) is 3.58. The van der Waals surface area contributed by atoms with Crippen LogP contribution in [0.1, 0.15) is 32.3 Å². The van der Waals surface area contributed by atoms with Crippen molar-refractivity contribution < 1.29 is 9.84 Å². The Labute approximate surface area is 173 Å². The van der Waals surface area contributed by atoms with Crippen LogP contribution in [0.25, 0.3) is 0 Å². The summed E-state index contributed by atoms with van der Waals surface area (Å²) in [5.74, 6) is 1.48. The quantitative estimate of drug-likeness (QED) is 0.494. The highest BCUT2D eigenvalue weighted by molar-refractivity contribution is 5.80. The van der Waals surface area contributed by atoms with Gasteiger partial charge in [0.1, 0.15) is 0 Å². The Bertz CT molecular complexity index is 795. The Morgan fingerprint density at radius 2 is 2.03 bits per heavy atom. The Hall–Kier alpha value is -2.89. The molecule has 1 saturated heterocycles. The van der Waals surface area contributed by atoms with Gasteiger partial charge >= 0.3 is 0 Å². The van der Waals surface area contributed by atoms with Gasteiger partial charge in [0.25, 0.3) is 0 Å². The summed E-state index contributed by atoms with van der Waals surface area (Å²) in [7, 11) is 0. The molecule has 0 radical (unpaired) electrons. The van der Waals surface area contributed by atoms with Gasteiger partial charge in [0, 0.05) is 31.4 Å². The molecule has 3 rings (SSSR count). The average molecular weight is 397 g/mol. The number of hydrogen-bond donors (Lipinski definition) is 3. The number of ether oxygens (including phenoxy) is 1. The van der Waals surface area contributed by atoms with Crippen LogP contribution in [0.4, 0.5) is 5.69 Å². The van der Waals surface area contributed by atoms with E-state index in [1.165, 1.54) is 5.69 Å². The van der Waals surface area contributed by atoms with Crippen molar-refractivity contribution in [3.63, 3.8) is 0 Å². The molecule has 0 saturated carbocycles. The van der Waals surface area contributed by atoms with Gasteiger partial charge in [-0.15, -0.1) is 0 Å². The largest absolute Gasteiger partial charge is 0.504 e. The third-order valence-corrected chi connectivity index (χ3v) is 4.97. The monoisotopic (exact) mass is 396 g/mol. The van der Waals surface area contributed by atoms with Gasteiger partial charge in [0.05, 0.1) is 13.2 Å². The van der Waals surface area contributed by atoms with E-state index in [1.807, 2.05) is 19.1 Å². The molecule has 6 nitrogen and oxygen atoms in total. The van der Waals surface area contributed by atoms with E-state index in [9.17, 15) is 5.11 Å². The summed E-state index contributed by atoms with van der Waals surface area (Å²) in [6.45, 7) is 7.86. The van der Waals surface area contributed by atoms with E-state index in [-0.39, 0.29) is 5.75 Å². The molecule has 0 aromatic heterocycles. The zero-order valence-electron chi connectivity index (χ0n) is 17.4. The average Bonchev–Trinajstić information content (AvgIpc) is 2.75. The Kier molecular flexibility index (Phi) is 7.61. The summed E-state index contributed by atoms with van der Waals surface area (Å²) in [5, 5.41) is 16.8. The van der Waals surface area contributed by atoms with E-state index in [0.29, 0.717) is 24.9 Å². The predicted octanol–water partition coefficient (Wildman–Crippen LogP) is 3.52. The second-order valence-electron chi connectivity index (χ2n) is 7.20. The summed E-state index contributed by atoms with van der Waals surface area (Å²) in [6, 6.07) is 16.3. The van der Waals surface area contributed by atoms with Gasteiger partial charge < -0.3 is 25.4 Å². The molecule has 1 heterocycles. The van der Waals surface area contributed by atoms with Crippen LogP contribution in [-0.2, 0) is 6.54 Å². The highest BCUT2D eigenvalue weighted by Crippen LogP contribution is 2.27. The van der Waals surface area contributed by atoms with E-state index in [1.54, 1.807) is 6.07 Å². The van der Waals surface area contributed by atoms with Gasteiger partial charge in [-0.25, -0.2) is 4.99 Å². The van der Waals surface area contributed by atoms with Crippen molar-refractivity contribution in [1.82, 2.24) is 10.6 Å². The van der Waals surface area contributed by atoms with Crippen LogP contribution in [0.15, 0.2) is 53.5 Å². The first-order chi connectivity index (χ1) is 14.2. The number of aliphatic imine (C=N–C) groups is 1. The number of rotatable bonds is 7. The fourth-order valence-corrected chi connectivity index (χ4v) is 3.58. The van der Waals surface area contributed by atoms with E-state index in [4.69, 9.17) is 9.73 Å². The van der Waals surface area contributed by atoms with Crippen molar-refractivity contribution in [3.05, 3.63) is 54.1 Å². The summed E-state index contributed by atoms with van der Waals surface area (Å²) in [5.41, 5.74) is 2.27. The summed E-state index contributed by atoms with van der Waals surface area (Å²) < 4.78 is 5.47. The fraction of sp³-hybridized carbons (Fsp3) is 0.435. The third-order valence-electron chi connectivity index (χ3n) is 4.97. The second-order valence-corrected chi connectivity index (χ2v) is 7.20. The Balaban J connectivity index is 1.64. The van der Waals surface area contributed by atoms with Gasteiger partial charge in [0.2, 0.25) is 0 Å². The molecule has 29 heavy (non-hydrogen) atoms. The number of benzene rings is 2. The molecule has 6 heteroatoms. The van der Waals surface area contributed by atoms with Crippen LogP contribution in [0.2, 0.25) is 0 Å². The first-order valence-corrected chi connectivity index (χ1v) is 10.5. The van der Waals surface area contributed by atoms with Crippen LogP contribution >= 0.6 is 0 Å². The van der Waals surface area contributed by atoms with Crippen LogP contribution in [0, 0.1) is 0 Å². The first-order valence-electron chi connectivity index (χ1n) is 10.5. The molecule has 1 aliphatic heterocycles. The molecule has 156 valence electrons. The number of phenolic OH excluding ortho intramolecular Hbond substituents is 1. The molecule has 2 aromatic rings. The molecule has 1 atom stereocenters. The van der Waals surface area contributed by atoms with Crippen molar-refractivity contribution >= 4 is 11.6 Å². The molecule has 0 amide bonds. The van der Waals surface area contributed by atoms with Crippen LogP contribution in [0.3, 0.4) is 0 Å². The van der Waals surface area contributed by atoms with Crippen molar-refractivity contribution in [2.24, 2.45) is 4.99 Å². The number of anilines is 1.